The summed E-state index contributed by atoms with van der Waals surface area (Å²) in [4.78, 5) is 20.1. The van der Waals surface area contributed by atoms with Gasteiger partial charge in [0.25, 0.3) is 5.56 Å². The Bertz CT molecular complexity index is 1420. The van der Waals surface area contributed by atoms with E-state index in [4.69, 9.17) is 18.0 Å². The van der Waals surface area contributed by atoms with Gasteiger partial charge in [0.1, 0.15) is 5.82 Å². The number of fused-ring (bicyclic) bond motifs is 5. The van der Waals surface area contributed by atoms with Crippen molar-refractivity contribution in [2.75, 3.05) is 19.6 Å². The fourth-order valence-corrected chi connectivity index (χ4v) is 7.10. The first-order valence-corrected chi connectivity index (χ1v) is 13.8. The van der Waals surface area contributed by atoms with Crippen LogP contribution in [0.5, 0.6) is 0 Å². The van der Waals surface area contributed by atoms with Gasteiger partial charge >= 0.3 is 0 Å². The lowest BCUT2D eigenvalue weighted by atomic mass is 9.81. The molecule has 0 amide bonds. The lowest BCUT2D eigenvalue weighted by Gasteiger charge is -2.36. The van der Waals surface area contributed by atoms with Crippen LogP contribution < -0.4 is 5.56 Å². The van der Waals surface area contributed by atoms with Crippen LogP contribution in [-0.4, -0.2) is 34.1 Å². The smallest absolute Gasteiger partial charge is 0.282 e. The zero-order valence-electron chi connectivity index (χ0n) is 21.3. The van der Waals surface area contributed by atoms with E-state index in [-0.39, 0.29) is 11.0 Å². The highest BCUT2D eigenvalue weighted by Gasteiger charge is 2.39. The number of likely N-dealkylation sites (tertiary alicyclic amines) is 1. The number of nitrogens with zero attached hydrogens (tertiary/aromatic N) is 3. The van der Waals surface area contributed by atoms with Crippen LogP contribution in [0.25, 0.3) is 16.6 Å². The monoisotopic (exact) mass is 499 g/mol. The van der Waals surface area contributed by atoms with Crippen LogP contribution in [0.2, 0.25) is 5.02 Å². The van der Waals surface area contributed by atoms with Gasteiger partial charge in [-0.25, -0.2) is 0 Å². The third kappa shape index (κ3) is 3.88. The minimum atomic E-state index is -0.342. The second-order valence-electron chi connectivity index (χ2n) is 11.6. The van der Waals surface area contributed by atoms with Crippen LogP contribution in [0, 0.1) is 24.2 Å². The number of aromatic nitrogens is 2. The Kier molecular flexibility index (Phi) is 5.97. The summed E-state index contributed by atoms with van der Waals surface area (Å²) in [7, 11) is 0. The van der Waals surface area contributed by atoms with Crippen molar-refractivity contribution < 1.29 is 0 Å². The first-order chi connectivity index (χ1) is 17.4. The SMILES string of the molecule is C#CC1CCC(CN2CCC(c3ccc4c(c3)-n3c(nc(=O)c5c(Cl)cccc53)C4(C)C)CC2)CC1. The number of halogens is 1. The summed E-state index contributed by atoms with van der Waals surface area (Å²) in [5.74, 6) is 5.61. The molecule has 36 heavy (non-hydrogen) atoms. The molecule has 5 heteroatoms. The molecule has 1 aromatic heterocycles. The average Bonchev–Trinajstić information content (AvgIpc) is 3.11. The maximum absolute atomic E-state index is 12.9. The zero-order valence-corrected chi connectivity index (χ0v) is 22.0. The Labute approximate surface area is 218 Å². The molecule has 1 saturated carbocycles. The summed E-state index contributed by atoms with van der Waals surface area (Å²) in [6, 6.07) is 12.6. The van der Waals surface area contributed by atoms with Crippen LogP contribution in [-0.2, 0) is 5.41 Å². The number of terminal acetylenes is 1. The first-order valence-electron chi connectivity index (χ1n) is 13.4. The van der Waals surface area contributed by atoms with Gasteiger partial charge in [-0.2, -0.15) is 4.98 Å². The van der Waals surface area contributed by atoms with Crippen LogP contribution >= 0.6 is 11.6 Å². The van der Waals surface area contributed by atoms with Gasteiger partial charge in [0, 0.05) is 12.5 Å². The summed E-state index contributed by atoms with van der Waals surface area (Å²) in [5, 5.41) is 0.962. The normalized spacial score (nSPS) is 23.8. The Morgan fingerprint density at radius 3 is 2.56 bits per heavy atom. The second kappa shape index (κ2) is 9.05. The van der Waals surface area contributed by atoms with E-state index >= 15 is 0 Å². The summed E-state index contributed by atoms with van der Waals surface area (Å²) in [6.07, 6.45) is 13.0. The van der Waals surface area contributed by atoms with Crippen LogP contribution in [0.4, 0.5) is 0 Å². The van der Waals surface area contributed by atoms with Gasteiger partial charge in [-0.05, 0) is 107 Å². The van der Waals surface area contributed by atoms with Crippen LogP contribution in [0.1, 0.15) is 75.2 Å². The molecule has 0 spiro atoms. The molecule has 2 fully saturated rings. The Morgan fingerprint density at radius 1 is 1.08 bits per heavy atom. The standard InChI is InChI=1S/C31H34ClN3O/c1-4-20-8-10-21(11-9-20)19-34-16-14-22(15-17-34)23-12-13-24-27(18-23)35-26-7-5-6-25(32)28(26)29(36)33-30(35)31(24,2)3/h1,5-7,12-13,18,20-22H,8-11,14-17,19H2,2-3H3. The largest absolute Gasteiger partial charge is 0.303 e. The highest BCUT2D eigenvalue weighted by atomic mass is 35.5. The molecule has 1 saturated heterocycles. The second-order valence-corrected chi connectivity index (χ2v) is 12.0. The number of benzene rings is 2. The van der Waals surface area contributed by atoms with Crippen molar-refractivity contribution in [3.05, 3.63) is 68.7 Å². The first kappa shape index (κ1) is 23.8. The van der Waals surface area contributed by atoms with E-state index in [2.05, 4.69) is 52.4 Å². The van der Waals surface area contributed by atoms with Gasteiger partial charge in [-0.1, -0.05) is 29.8 Å². The minimum absolute atomic E-state index is 0.247. The van der Waals surface area contributed by atoms with E-state index in [0.717, 1.165) is 36.0 Å². The molecule has 0 unspecified atom stereocenters. The summed E-state index contributed by atoms with van der Waals surface area (Å²) in [6.45, 7) is 7.85. The molecular weight excluding hydrogens is 466 g/mol. The lowest BCUT2D eigenvalue weighted by molar-refractivity contribution is 0.158. The average molecular weight is 500 g/mol. The maximum Gasteiger partial charge on any atom is 0.282 e. The van der Waals surface area contributed by atoms with Crippen molar-refractivity contribution in [3.8, 4) is 18.0 Å². The van der Waals surface area contributed by atoms with Crippen LogP contribution in [0.15, 0.2) is 41.2 Å². The fraction of sp³-hybridized carbons (Fsp3) is 0.484. The summed E-state index contributed by atoms with van der Waals surface area (Å²) < 4.78 is 2.17. The van der Waals surface area contributed by atoms with Gasteiger partial charge in [0.05, 0.1) is 27.0 Å². The van der Waals surface area contributed by atoms with Crippen LogP contribution in [0.3, 0.4) is 0 Å². The van der Waals surface area contributed by atoms with Crippen molar-refractivity contribution in [1.29, 1.82) is 0 Å². The number of hydrogen-bond donors (Lipinski definition) is 0. The molecule has 0 radical (unpaired) electrons. The van der Waals surface area contributed by atoms with Crippen molar-refractivity contribution in [1.82, 2.24) is 14.5 Å². The van der Waals surface area contributed by atoms with E-state index in [0.29, 0.717) is 22.2 Å². The van der Waals surface area contributed by atoms with Crippen molar-refractivity contribution in [2.24, 2.45) is 11.8 Å². The molecule has 3 heterocycles. The Morgan fingerprint density at radius 2 is 1.83 bits per heavy atom. The molecule has 3 aromatic rings. The van der Waals surface area contributed by atoms with E-state index in [1.165, 1.54) is 56.2 Å². The number of rotatable bonds is 3. The molecule has 2 aliphatic heterocycles. The highest BCUT2D eigenvalue weighted by Crippen LogP contribution is 2.44. The molecule has 0 atom stereocenters. The van der Waals surface area contributed by atoms with E-state index < -0.39 is 0 Å². The topological polar surface area (TPSA) is 38.1 Å². The number of hydrogen-bond acceptors (Lipinski definition) is 3. The molecule has 2 aromatic carbocycles. The van der Waals surface area contributed by atoms with E-state index in [1.807, 2.05) is 12.1 Å². The minimum Gasteiger partial charge on any atom is -0.303 e. The quantitative estimate of drug-likeness (QED) is 0.397. The highest BCUT2D eigenvalue weighted by molar-refractivity contribution is 6.35. The third-order valence-electron chi connectivity index (χ3n) is 9.02. The fourth-order valence-electron chi connectivity index (χ4n) is 6.85. The molecule has 186 valence electrons. The molecular formula is C31H34ClN3O. The Hall–Kier alpha value is -2.61. The van der Waals surface area contributed by atoms with Crippen molar-refractivity contribution in [3.63, 3.8) is 0 Å². The molecule has 0 N–H and O–H groups in total. The van der Waals surface area contributed by atoms with Gasteiger partial charge in [-0.15, -0.1) is 12.3 Å². The molecule has 1 aliphatic carbocycles. The van der Waals surface area contributed by atoms with E-state index in [1.54, 1.807) is 6.07 Å². The predicted octanol–water partition coefficient (Wildman–Crippen LogP) is 6.30. The van der Waals surface area contributed by atoms with Gasteiger partial charge in [-0.3, -0.25) is 9.36 Å². The van der Waals surface area contributed by atoms with Gasteiger partial charge in [0.2, 0.25) is 0 Å². The molecule has 4 nitrogen and oxygen atoms in total. The van der Waals surface area contributed by atoms with E-state index in [9.17, 15) is 4.79 Å². The Balaban J connectivity index is 1.25. The predicted molar refractivity (Wildman–Crippen MR) is 147 cm³/mol. The van der Waals surface area contributed by atoms with Crippen molar-refractivity contribution in [2.45, 2.75) is 63.7 Å². The lowest BCUT2D eigenvalue weighted by Crippen LogP contribution is -2.37. The van der Waals surface area contributed by atoms with Gasteiger partial charge < -0.3 is 4.90 Å². The molecule has 6 rings (SSSR count). The molecule has 3 aliphatic rings. The molecule has 0 bridgehead atoms. The third-order valence-corrected chi connectivity index (χ3v) is 9.33. The number of piperidine rings is 1. The summed E-state index contributed by atoms with van der Waals surface area (Å²) in [5.41, 5.74) is 4.00. The van der Waals surface area contributed by atoms with Crippen molar-refractivity contribution >= 4 is 22.5 Å². The summed E-state index contributed by atoms with van der Waals surface area (Å²) >= 11 is 6.45. The zero-order chi connectivity index (χ0) is 25.0. The van der Waals surface area contributed by atoms with Gasteiger partial charge in [0.15, 0.2) is 0 Å². The maximum atomic E-state index is 12.9.